The van der Waals surface area contributed by atoms with Crippen molar-refractivity contribution in [3.05, 3.63) is 0 Å². The highest BCUT2D eigenvalue weighted by Gasteiger charge is 2.56. The first-order chi connectivity index (χ1) is 8.37. The molecule has 3 fully saturated rings. The molecule has 3 nitrogen and oxygen atoms in total. The summed E-state index contributed by atoms with van der Waals surface area (Å²) in [5.74, 6) is 0. The normalized spacial score (nSPS) is 33.0. The van der Waals surface area contributed by atoms with Crippen LogP contribution in [0.5, 0.6) is 0 Å². The largest absolute Gasteiger partial charge is 0.396 e. The van der Waals surface area contributed by atoms with Crippen molar-refractivity contribution in [3.8, 4) is 0 Å². The number of rotatable bonds is 2. The molecule has 3 aliphatic rings. The number of nitrogens with zero attached hydrogens (tertiary/aromatic N) is 2. The van der Waals surface area contributed by atoms with Crippen LogP contribution < -0.4 is 10.2 Å². The van der Waals surface area contributed by atoms with Gasteiger partial charge in [-0.25, -0.2) is 5.32 Å². The minimum Gasteiger partial charge on any atom is -0.396 e. The van der Waals surface area contributed by atoms with Gasteiger partial charge in [0.05, 0.1) is 6.42 Å². The molecule has 3 saturated heterocycles. The van der Waals surface area contributed by atoms with Gasteiger partial charge in [-0.2, -0.15) is 4.90 Å². The second-order valence-electron chi connectivity index (χ2n) is 5.62. The van der Waals surface area contributed by atoms with E-state index >= 15 is 0 Å². The Labute approximate surface area is 106 Å². The Hall–Kier alpha value is -0.120. The third-order valence-corrected chi connectivity index (χ3v) is 4.55. The molecule has 2 radical (unpaired) electrons. The molecule has 0 bridgehead atoms. The maximum atomic E-state index is 8.82. The highest BCUT2D eigenvalue weighted by atomic mass is 16.3. The molecule has 3 aliphatic heterocycles. The van der Waals surface area contributed by atoms with Gasteiger partial charge in [0.1, 0.15) is 13.1 Å². The van der Waals surface area contributed by atoms with Gasteiger partial charge in [0.2, 0.25) is 0 Å². The van der Waals surface area contributed by atoms with E-state index in [1.807, 2.05) is 0 Å². The summed E-state index contributed by atoms with van der Waals surface area (Å²) in [7, 11) is 0. The number of hydrogen-bond donors (Lipinski definition) is 1. The highest BCUT2D eigenvalue weighted by molar-refractivity contribution is 5.07. The number of hydrogen-bond acceptors (Lipinski definition) is 2. The van der Waals surface area contributed by atoms with E-state index < -0.39 is 0 Å². The first-order valence-corrected chi connectivity index (χ1v) is 7.37. The topological polar surface area (TPSA) is 40.2 Å². The lowest BCUT2D eigenvalue weighted by Gasteiger charge is -2.37. The predicted octanol–water partition coefficient (Wildman–Crippen LogP) is 1.61. The van der Waals surface area contributed by atoms with Crippen LogP contribution in [0.4, 0.5) is 0 Å². The van der Waals surface area contributed by atoms with Gasteiger partial charge in [0.15, 0.2) is 5.54 Å². The lowest BCUT2D eigenvalue weighted by Crippen LogP contribution is -2.60. The van der Waals surface area contributed by atoms with E-state index in [2.05, 4.69) is 10.2 Å². The Morgan fingerprint density at radius 3 is 2.24 bits per heavy atom. The van der Waals surface area contributed by atoms with Crippen molar-refractivity contribution in [2.45, 2.75) is 56.9 Å². The third kappa shape index (κ3) is 3.43. The fraction of sp³-hybridized carbons (Fsp3) is 1.00. The van der Waals surface area contributed by atoms with Crippen LogP contribution in [0.1, 0.15) is 51.4 Å². The zero-order chi connectivity index (χ0) is 12.0. The Kier molecular flexibility index (Phi) is 5.26. The van der Waals surface area contributed by atoms with Crippen LogP contribution in [-0.2, 0) is 0 Å². The van der Waals surface area contributed by atoms with Gasteiger partial charge in [-0.15, -0.1) is 0 Å². The van der Waals surface area contributed by atoms with E-state index in [9.17, 15) is 0 Å². The molecule has 0 aromatic heterocycles. The molecule has 3 heterocycles. The Morgan fingerprint density at radius 2 is 1.71 bits per heavy atom. The van der Waals surface area contributed by atoms with Crippen molar-refractivity contribution in [3.63, 3.8) is 0 Å². The Morgan fingerprint density at radius 1 is 0.941 bits per heavy atom. The van der Waals surface area contributed by atoms with E-state index in [4.69, 9.17) is 5.11 Å². The zero-order valence-corrected chi connectivity index (χ0v) is 11.0. The molecule has 0 aromatic rings. The van der Waals surface area contributed by atoms with Gasteiger partial charge in [0.25, 0.3) is 0 Å². The average molecular weight is 239 g/mol. The van der Waals surface area contributed by atoms with Gasteiger partial charge >= 0.3 is 0 Å². The second-order valence-corrected chi connectivity index (χ2v) is 5.62. The zero-order valence-electron chi connectivity index (χ0n) is 11.0. The van der Waals surface area contributed by atoms with Gasteiger partial charge in [-0.3, -0.25) is 0 Å². The van der Waals surface area contributed by atoms with Crippen LogP contribution in [0.2, 0.25) is 0 Å². The Bertz CT molecular complexity index is 203. The molecular weight excluding hydrogens is 212 g/mol. The maximum absolute atomic E-state index is 8.82. The van der Waals surface area contributed by atoms with E-state index in [0.717, 1.165) is 19.5 Å². The van der Waals surface area contributed by atoms with Gasteiger partial charge in [-0.1, -0.05) is 12.8 Å². The van der Waals surface area contributed by atoms with Crippen molar-refractivity contribution in [1.82, 2.24) is 10.2 Å². The van der Waals surface area contributed by atoms with E-state index in [0.29, 0.717) is 12.1 Å². The van der Waals surface area contributed by atoms with Crippen LogP contribution in [0.15, 0.2) is 0 Å². The third-order valence-electron chi connectivity index (χ3n) is 4.55. The highest BCUT2D eigenvalue weighted by Crippen LogP contribution is 2.40. The summed E-state index contributed by atoms with van der Waals surface area (Å²) >= 11 is 0. The molecule has 1 atom stereocenters. The molecule has 0 saturated carbocycles. The maximum Gasteiger partial charge on any atom is 0.150 e. The van der Waals surface area contributed by atoms with E-state index in [-0.39, 0.29) is 0 Å². The van der Waals surface area contributed by atoms with Crippen molar-refractivity contribution in [2.24, 2.45) is 0 Å². The van der Waals surface area contributed by atoms with E-state index in [1.54, 1.807) is 0 Å². The Balaban J connectivity index is 0.000000136. The number of aliphatic hydroxyl groups excluding tert-OH is 1. The summed E-state index contributed by atoms with van der Waals surface area (Å²) in [6.45, 7) is 5.18. The van der Waals surface area contributed by atoms with Crippen LogP contribution in [0.3, 0.4) is 0 Å². The summed E-state index contributed by atoms with van der Waals surface area (Å²) in [5.41, 5.74) is 0.467. The summed E-state index contributed by atoms with van der Waals surface area (Å²) in [6, 6.07) is 0. The summed E-state index contributed by atoms with van der Waals surface area (Å²) in [6.07, 6.45) is 10.5. The minimum absolute atomic E-state index is 0.372. The molecule has 0 aliphatic carbocycles. The first kappa shape index (κ1) is 13.3. The molecule has 17 heavy (non-hydrogen) atoms. The summed E-state index contributed by atoms with van der Waals surface area (Å²) < 4.78 is 0. The minimum atomic E-state index is 0.372. The van der Waals surface area contributed by atoms with Crippen LogP contribution in [-0.4, -0.2) is 43.4 Å². The molecule has 1 N–H and O–H groups in total. The molecule has 3 heteroatoms. The number of fused-ring (bicyclic) bond motifs is 1. The summed E-state index contributed by atoms with van der Waals surface area (Å²) in [4.78, 5) is 2.53. The first-order valence-electron chi connectivity index (χ1n) is 7.37. The van der Waals surface area contributed by atoms with Gasteiger partial charge in [-0.05, 0) is 12.8 Å². The number of aliphatic hydroxyl groups is 1. The molecule has 3 rings (SSSR count). The van der Waals surface area contributed by atoms with Crippen molar-refractivity contribution in [2.75, 3.05) is 32.8 Å². The SMILES string of the molecule is C1CCC[N]CC1.OCCC12CCC[N+]1CC2. The summed E-state index contributed by atoms with van der Waals surface area (Å²) in [5, 5.41) is 13.1. The lowest BCUT2D eigenvalue weighted by atomic mass is 9.82. The van der Waals surface area contributed by atoms with Crippen molar-refractivity contribution >= 4 is 0 Å². The molecular formula is C14H27N2O+. The molecule has 1 unspecified atom stereocenters. The fourth-order valence-corrected chi connectivity index (χ4v) is 3.35. The van der Waals surface area contributed by atoms with Crippen LogP contribution in [0.25, 0.3) is 0 Å². The van der Waals surface area contributed by atoms with Gasteiger partial charge in [0, 0.05) is 39.0 Å². The predicted molar refractivity (Wildman–Crippen MR) is 70.5 cm³/mol. The van der Waals surface area contributed by atoms with Crippen molar-refractivity contribution < 1.29 is 5.11 Å². The van der Waals surface area contributed by atoms with Crippen LogP contribution in [0, 0.1) is 0 Å². The van der Waals surface area contributed by atoms with Crippen molar-refractivity contribution in [1.29, 1.82) is 0 Å². The molecule has 0 spiro atoms. The standard InChI is InChI=1S/C8H15NO.C6H12N/c10-7-4-8-2-1-5-9(8)6-3-8;1-2-4-6-7-5-3-1/h10H,1-7H2;1-6H2/q+1;. The molecule has 98 valence electrons. The quantitative estimate of drug-likeness (QED) is 0.731. The lowest BCUT2D eigenvalue weighted by molar-refractivity contribution is 0.0864. The second kappa shape index (κ2) is 6.72. The average Bonchev–Trinajstić information content (AvgIpc) is 2.58. The fourth-order valence-electron chi connectivity index (χ4n) is 3.35. The molecule has 0 amide bonds. The van der Waals surface area contributed by atoms with Gasteiger partial charge < -0.3 is 5.11 Å². The molecule has 0 aromatic carbocycles. The van der Waals surface area contributed by atoms with Crippen LogP contribution >= 0.6 is 0 Å². The van der Waals surface area contributed by atoms with E-state index in [1.165, 1.54) is 58.0 Å². The monoisotopic (exact) mass is 239 g/mol. The smallest absolute Gasteiger partial charge is 0.150 e.